The first-order valence-electron chi connectivity index (χ1n) is 5.36. The van der Waals surface area contributed by atoms with Crippen LogP contribution in [-0.4, -0.2) is 18.6 Å². The van der Waals surface area contributed by atoms with Crippen LogP contribution < -0.4 is 4.72 Å². The molecule has 0 saturated heterocycles. The smallest absolute Gasteiger partial charge is 0.234 e. The molecule has 0 atom stereocenters. The Morgan fingerprint density at radius 3 is 2.72 bits per heavy atom. The third-order valence-corrected chi connectivity index (χ3v) is 3.31. The van der Waals surface area contributed by atoms with E-state index in [9.17, 15) is 8.42 Å². The Bertz CT molecular complexity index is 604. The highest BCUT2D eigenvalue weighted by Crippen LogP contribution is 2.03. The molecule has 5 nitrogen and oxygen atoms in total. The van der Waals surface area contributed by atoms with E-state index in [1.807, 2.05) is 30.3 Å². The quantitative estimate of drug-likeness (QED) is 0.858. The number of aromatic amines is 1. The van der Waals surface area contributed by atoms with Gasteiger partial charge in [0.05, 0.1) is 6.20 Å². The van der Waals surface area contributed by atoms with Crippen molar-refractivity contribution in [2.75, 3.05) is 0 Å². The van der Waals surface area contributed by atoms with E-state index in [-0.39, 0.29) is 6.54 Å². The summed E-state index contributed by atoms with van der Waals surface area (Å²) in [5, 5.41) is 7.51. The van der Waals surface area contributed by atoms with E-state index in [4.69, 9.17) is 0 Å². The summed E-state index contributed by atoms with van der Waals surface area (Å²) in [7, 11) is -3.43. The summed E-state index contributed by atoms with van der Waals surface area (Å²) in [6.07, 6.45) is 4.77. The second-order valence-electron chi connectivity index (χ2n) is 3.69. The lowest BCUT2D eigenvalue weighted by molar-refractivity contribution is 0.591. The van der Waals surface area contributed by atoms with Gasteiger partial charge in [-0.3, -0.25) is 5.10 Å². The van der Waals surface area contributed by atoms with Gasteiger partial charge in [-0.25, -0.2) is 13.1 Å². The molecule has 0 spiro atoms. The summed E-state index contributed by atoms with van der Waals surface area (Å²) >= 11 is 0. The normalized spacial score (nSPS) is 12.0. The molecule has 1 heterocycles. The van der Waals surface area contributed by atoms with Gasteiger partial charge in [-0.05, 0) is 11.6 Å². The van der Waals surface area contributed by atoms with Gasteiger partial charge in [0.15, 0.2) is 0 Å². The zero-order valence-corrected chi connectivity index (χ0v) is 10.4. The van der Waals surface area contributed by atoms with Crippen molar-refractivity contribution < 1.29 is 8.42 Å². The topological polar surface area (TPSA) is 74.8 Å². The fraction of sp³-hybridized carbons (Fsp3) is 0.0833. The molecular formula is C12H13N3O2S. The van der Waals surface area contributed by atoms with Crippen LogP contribution in [0.3, 0.4) is 0 Å². The van der Waals surface area contributed by atoms with Crippen molar-refractivity contribution in [3.8, 4) is 0 Å². The number of aromatic nitrogens is 2. The number of rotatable bonds is 5. The third-order valence-electron chi connectivity index (χ3n) is 2.27. The zero-order chi connectivity index (χ0) is 12.8. The summed E-state index contributed by atoms with van der Waals surface area (Å²) in [6.45, 7) is 0.220. The van der Waals surface area contributed by atoms with Crippen LogP contribution in [0.4, 0.5) is 0 Å². The molecule has 18 heavy (non-hydrogen) atoms. The Morgan fingerprint density at radius 1 is 1.28 bits per heavy atom. The molecule has 0 bridgehead atoms. The number of nitrogens with zero attached hydrogens (tertiary/aromatic N) is 1. The molecule has 6 heteroatoms. The van der Waals surface area contributed by atoms with Gasteiger partial charge in [0.1, 0.15) is 0 Å². The van der Waals surface area contributed by atoms with E-state index in [0.717, 1.165) is 16.5 Å². The molecular weight excluding hydrogens is 250 g/mol. The molecule has 2 N–H and O–H groups in total. The van der Waals surface area contributed by atoms with Crippen molar-refractivity contribution in [1.29, 1.82) is 0 Å². The molecule has 0 aliphatic rings. The highest BCUT2D eigenvalue weighted by Gasteiger charge is 2.05. The minimum atomic E-state index is -3.43. The molecule has 2 aromatic rings. The van der Waals surface area contributed by atoms with E-state index >= 15 is 0 Å². The van der Waals surface area contributed by atoms with Gasteiger partial charge in [-0.15, -0.1) is 0 Å². The Hall–Kier alpha value is -1.92. The van der Waals surface area contributed by atoms with Crippen molar-refractivity contribution in [2.24, 2.45) is 0 Å². The molecule has 94 valence electrons. The largest absolute Gasteiger partial charge is 0.285 e. The number of sulfonamides is 1. The summed E-state index contributed by atoms with van der Waals surface area (Å²) in [4.78, 5) is 0. The number of benzene rings is 1. The Kier molecular flexibility index (Phi) is 3.91. The number of hydrogen-bond acceptors (Lipinski definition) is 3. The third kappa shape index (κ3) is 3.83. The minimum Gasteiger partial charge on any atom is -0.285 e. The van der Waals surface area contributed by atoms with Gasteiger partial charge >= 0.3 is 0 Å². The van der Waals surface area contributed by atoms with E-state index in [2.05, 4.69) is 14.9 Å². The predicted octanol–water partition coefficient (Wildman–Crippen LogP) is 1.50. The number of H-pyrrole nitrogens is 1. The fourth-order valence-corrected chi connectivity index (χ4v) is 2.14. The average molecular weight is 263 g/mol. The van der Waals surface area contributed by atoms with Gasteiger partial charge in [-0.2, -0.15) is 5.10 Å². The van der Waals surface area contributed by atoms with Crippen molar-refractivity contribution >= 4 is 16.1 Å². The monoisotopic (exact) mass is 263 g/mol. The second-order valence-corrected chi connectivity index (χ2v) is 5.34. The Labute approximate surface area is 106 Å². The van der Waals surface area contributed by atoms with Crippen molar-refractivity contribution in [1.82, 2.24) is 14.9 Å². The summed E-state index contributed by atoms with van der Waals surface area (Å²) in [5.41, 5.74) is 1.62. The van der Waals surface area contributed by atoms with Crippen LogP contribution in [0.2, 0.25) is 0 Å². The number of hydrogen-bond donors (Lipinski definition) is 2. The standard InChI is InChI=1S/C12H13N3O2S/c16-18(17,15-10-12-8-13-14-9-12)7-6-11-4-2-1-3-5-11/h1-9,15H,10H2,(H,13,14)/b7-6+. The molecule has 1 aromatic heterocycles. The maximum atomic E-state index is 11.7. The van der Waals surface area contributed by atoms with E-state index in [1.54, 1.807) is 18.5 Å². The van der Waals surface area contributed by atoms with Gasteiger partial charge in [0, 0.05) is 23.7 Å². The molecule has 0 radical (unpaired) electrons. The molecule has 0 unspecified atom stereocenters. The summed E-state index contributed by atoms with van der Waals surface area (Å²) < 4.78 is 25.8. The van der Waals surface area contributed by atoms with Crippen LogP contribution in [0, 0.1) is 0 Å². The Morgan fingerprint density at radius 2 is 2.06 bits per heavy atom. The van der Waals surface area contributed by atoms with Gasteiger partial charge in [-0.1, -0.05) is 30.3 Å². The second kappa shape index (κ2) is 5.61. The first-order chi connectivity index (χ1) is 8.66. The van der Waals surface area contributed by atoms with Crippen LogP contribution in [0.15, 0.2) is 48.1 Å². The molecule has 0 amide bonds. The highest BCUT2D eigenvalue weighted by molar-refractivity contribution is 7.92. The molecule has 2 rings (SSSR count). The van der Waals surface area contributed by atoms with Crippen molar-refractivity contribution in [2.45, 2.75) is 6.54 Å². The molecule has 0 fully saturated rings. The number of nitrogens with one attached hydrogen (secondary N) is 2. The van der Waals surface area contributed by atoms with Crippen LogP contribution in [0.1, 0.15) is 11.1 Å². The van der Waals surface area contributed by atoms with E-state index in [1.165, 1.54) is 0 Å². The van der Waals surface area contributed by atoms with Crippen LogP contribution in [-0.2, 0) is 16.6 Å². The molecule has 0 aliphatic heterocycles. The summed E-state index contributed by atoms with van der Waals surface area (Å²) in [6, 6.07) is 9.25. The highest BCUT2D eigenvalue weighted by atomic mass is 32.2. The molecule has 0 aliphatic carbocycles. The van der Waals surface area contributed by atoms with Gasteiger partial charge in [0.25, 0.3) is 0 Å². The maximum Gasteiger partial charge on any atom is 0.234 e. The van der Waals surface area contributed by atoms with Crippen molar-refractivity contribution in [3.63, 3.8) is 0 Å². The lowest BCUT2D eigenvalue weighted by Gasteiger charge is -2.00. The fourth-order valence-electron chi connectivity index (χ4n) is 1.34. The predicted molar refractivity (Wildman–Crippen MR) is 69.8 cm³/mol. The van der Waals surface area contributed by atoms with Gasteiger partial charge < -0.3 is 0 Å². The first kappa shape index (κ1) is 12.5. The lowest BCUT2D eigenvalue weighted by atomic mass is 10.2. The molecule has 1 aromatic carbocycles. The van der Waals surface area contributed by atoms with Crippen LogP contribution in [0.25, 0.3) is 6.08 Å². The SMILES string of the molecule is O=S(=O)(/C=C/c1ccccc1)NCc1cn[nH]c1. The van der Waals surface area contributed by atoms with E-state index < -0.39 is 10.0 Å². The van der Waals surface area contributed by atoms with Gasteiger partial charge in [0.2, 0.25) is 10.0 Å². The lowest BCUT2D eigenvalue weighted by Crippen LogP contribution is -2.20. The van der Waals surface area contributed by atoms with Crippen LogP contribution in [0.5, 0.6) is 0 Å². The zero-order valence-electron chi connectivity index (χ0n) is 9.58. The summed E-state index contributed by atoms with van der Waals surface area (Å²) in [5.74, 6) is 0. The molecule has 0 saturated carbocycles. The minimum absolute atomic E-state index is 0.220. The van der Waals surface area contributed by atoms with Crippen molar-refractivity contribution in [3.05, 3.63) is 59.3 Å². The van der Waals surface area contributed by atoms with Crippen LogP contribution >= 0.6 is 0 Å². The maximum absolute atomic E-state index is 11.7. The average Bonchev–Trinajstić information content (AvgIpc) is 2.89. The van der Waals surface area contributed by atoms with E-state index in [0.29, 0.717) is 0 Å². The first-order valence-corrected chi connectivity index (χ1v) is 6.91. The Balaban J connectivity index is 1.97.